The van der Waals surface area contributed by atoms with E-state index in [1.54, 1.807) is 18.2 Å². The maximum absolute atomic E-state index is 12.8. The molecular weight excluding hydrogens is 328 g/mol. The number of amides is 1. The van der Waals surface area contributed by atoms with E-state index < -0.39 is 5.91 Å². The van der Waals surface area contributed by atoms with Crippen LogP contribution in [0.3, 0.4) is 0 Å². The first-order valence-electron chi connectivity index (χ1n) is 8.45. The second kappa shape index (κ2) is 7.49. The molecule has 2 N–H and O–H groups in total. The van der Waals surface area contributed by atoms with Crippen LogP contribution in [0.4, 0.5) is 0 Å². The zero-order chi connectivity index (χ0) is 18.7. The van der Waals surface area contributed by atoms with E-state index in [2.05, 4.69) is 28.9 Å². The molecule has 0 saturated heterocycles. The molecule has 0 aliphatic rings. The summed E-state index contributed by atoms with van der Waals surface area (Å²) >= 11 is 0. The molecule has 0 aliphatic carbocycles. The molecule has 1 aromatic heterocycles. The summed E-state index contributed by atoms with van der Waals surface area (Å²) < 4.78 is 1.37. The monoisotopic (exact) mass is 350 g/mol. The fourth-order valence-electron chi connectivity index (χ4n) is 3.03. The van der Waals surface area contributed by atoms with Crippen molar-refractivity contribution >= 4 is 16.8 Å². The van der Waals surface area contributed by atoms with E-state index in [-0.39, 0.29) is 12.1 Å². The molecule has 6 nitrogen and oxygen atoms in total. The van der Waals surface area contributed by atoms with Gasteiger partial charge in [-0.25, -0.2) is 4.98 Å². The number of aryl methyl sites for hydroxylation is 1. The van der Waals surface area contributed by atoms with Gasteiger partial charge in [-0.05, 0) is 37.2 Å². The van der Waals surface area contributed by atoms with E-state index in [0.29, 0.717) is 29.8 Å². The number of rotatable bonds is 6. The summed E-state index contributed by atoms with van der Waals surface area (Å²) in [6.45, 7) is 3.04. The summed E-state index contributed by atoms with van der Waals surface area (Å²) in [4.78, 5) is 30.9. The second-order valence-corrected chi connectivity index (χ2v) is 6.50. The van der Waals surface area contributed by atoms with Crippen LogP contribution in [0.1, 0.15) is 17.0 Å². The molecule has 3 rings (SSSR count). The predicted octanol–water partition coefficient (Wildman–Crippen LogP) is 1.82. The van der Waals surface area contributed by atoms with Gasteiger partial charge in [0, 0.05) is 6.54 Å². The lowest BCUT2D eigenvalue weighted by molar-refractivity contribution is -0.118. The van der Waals surface area contributed by atoms with Crippen LogP contribution in [-0.2, 0) is 24.4 Å². The second-order valence-electron chi connectivity index (χ2n) is 6.50. The lowest BCUT2D eigenvalue weighted by atomic mass is 10.1. The van der Waals surface area contributed by atoms with Crippen molar-refractivity contribution in [3.05, 3.63) is 75.8 Å². The van der Waals surface area contributed by atoms with E-state index in [9.17, 15) is 9.59 Å². The third kappa shape index (κ3) is 3.81. The van der Waals surface area contributed by atoms with Crippen molar-refractivity contribution in [2.75, 3.05) is 7.05 Å². The van der Waals surface area contributed by atoms with Crippen molar-refractivity contribution in [3.63, 3.8) is 0 Å². The molecule has 0 atom stereocenters. The lowest BCUT2D eigenvalue weighted by Gasteiger charge is -2.20. The standard InChI is InChI=1S/C20H22N4O2/c1-14-7-3-4-8-15(14)11-23(2)13-19-22-17-10-6-5-9-16(17)20(26)24(19)12-18(21)25/h3-10H,11-13H2,1-2H3,(H2,21,25). The van der Waals surface area contributed by atoms with Crippen molar-refractivity contribution in [1.82, 2.24) is 14.5 Å². The number of nitrogens with two attached hydrogens (primary N) is 1. The largest absolute Gasteiger partial charge is 0.368 e. The van der Waals surface area contributed by atoms with Crippen LogP contribution in [0.2, 0.25) is 0 Å². The molecule has 0 bridgehead atoms. The maximum Gasteiger partial charge on any atom is 0.261 e. The highest BCUT2D eigenvalue weighted by atomic mass is 16.2. The molecule has 6 heteroatoms. The van der Waals surface area contributed by atoms with Gasteiger partial charge in [-0.1, -0.05) is 36.4 Å². The van der Waals surface area contributed by atoms with Crippen LogP contribution < -0.4 is 11.3 Å². The van der Waals surface area contributed by atoms with Crippen LogP contribution in [0.25, 0.3) is 10.9 Å². The fourth-order valence-corrected chi connectivity index (χ4v) is 3.03. The number of primary amides is 1. The Bertz CT molecular complexity index is 1010. The average molecular weight is 350 g/mol. The van der Waals surface area contributed by atoms with Gasteiger partial charge in [0.05, 0.1) is 17.4 Å². The summed E-state index contributed by atoms with van der Waals surface area (Å²) in [6, 6.07) is 15.3. The summed E-state index contributed by atoms with van der Waals surface area (Å²) in [7, 11) is 1.96. The number of nitrogens with zero attached hydrogens (tertiary/aromatic N) is 3. The molecule has 0 aliphatic heterocycles. The molecule has 1 heterocycles. The van der Waals surface area contributed by atoms with Crippen LogP contribution in [0.5, 0.6) is 0 Å². The lowest BCUT2D eigenvalue weighted by Crippen LogP contribution is -2.33. The third-order valence-electron chi connectivity index (χ3n) is 4.37. The molecule has 2 aromatic carbocycles. The van der Waals surface area contributed by atoms with Gasteiger partial charge >= 0.3 is 0 Å². The number of hydrogen-bond acceptors (Lipinski definition) is 4. The highest BCUT2D eigenvalue weighted by molar-refractivity contribution is 5.78. The number of hydrogen-bond donors (Lipinski definition) is 1. The Morgan fingerprint density at radius 2 is 1.81 bits per heavy atom. The van der Waals surface area contributed by atoms with Crippen molar-refractivity contribution in [2.45, 2.75) is 26.6 Å². The topological polar surface area (TPSA) is 81.2 Å². The van der Waals surface area contributed by atoms with Gasteiger partial charge < -0.3 is 5.73 Å². The van der Waals surface area contributed by atoms with Crippen molar-refractivity contribution in [2.24, 2.45) is 5.73 Å². The predicted molar refractivity (Wildman–Crippen MR) is 102 cm³/mol. The number of carbonyl (C=O) groups is 1. The van der Waals surface area contributed by atoms with Crippen LogP contribution >= 0.6 is 0 Å². The number of benzene rings is 2. The van der Waals surface area contributed by atoms with Gasteiger partial charge in [-0.2, -0.15) is 0 Å². The van der Waals surface area contributed by atoms with Crippen molar-refractivity contribution in [3.8, 4) is 0 Å². The minimum atomic E-state index is -0.563. The van der Waals surface area contributed by atoms with Gasteiger partial charge in [0.15, 0.2) is 0 Å². The van der Waals surface area contributed by atoms with Crippen molar-refractivity contribution in [1.29, 1.82) is 0 Å². The maximum atomic E-state index is 12.8. The minimum absolute atomic E-state index is 0.176. The first-order valence-corrected chi connectivity index (χ1v) is 8.45. The van der Waals surface area contributed by atoms with Gasteiger partial charge in [-0.3, -0.25) is 19.1 Å². The quantitative estimate of drug-likeness (QED) is 0.735. The third-order valence-corrected chi connectivity index (χ3v) is 4.37. The highest BCUT2D eigenvalue weighted by Crippen LogP contribution is 2.13. The molecule has 1 amide bonds. The normalized spacial score (nSPS) is 11.2. The van der Waals surface area contributed by atoms with Crippen LogP contribution in [0, 0.1) is 6.92 Å². The SMILES string of the molecule is Cc1ccccc1CN(C)Cc1nc2ccccc2c(=O)n1CC(N)=O. The van der Waals surface area contributed by atoms with E-state index >= 15 is 0 Å². The molecule has 26 heavy (non-hydrogen) atoms. The number of aromatic nitrogens is 2. The van der Waals surface area contributed by atoms with E-state index in [1.165, 1.54) is 15.7 Å². The number of fused-ring (bicyclic) bond motifs is 1. The molecular formula is C20H22N4O2. The first-order chi connectivity index (χ1) is 12.5. The van der Waals surface area contributed by atoms with Gasteiger partial charge in [0.25, 0.3) is 5.56 Å². The Labute approximate surface area is 151 Å². The molecule has 0 spiro atoms. The zero-order valence-corrected chi connectivity index (χ0v) is 15.0. The van der Waals surface area contributed by atoms with Gasteiger partial charge in [0.2, 0.25) is 5.91 Å². The summed E-state index contributed by atoms with van der Waals surface area (Å²) in [5.41, 5.74) is 8.14. The summed E-state index contributed by atoms with van der Waals surface area (Å²) in [6.07, 6.45) is 0. The van der Waals surface area contributed by atoms with E-state index in [4.69, 9.17) is 5.73 Å². The molecule has 0 saturated carbocycles. The molecule has 0 unspecified atom stereocenters. The Morgan fingerprint density at radius 3 is 2.54 bits per heavy atom. The number of para-hydroxylation sites is 1. The average Bonchev–Trinajstić information content (AvgIpc) is 2.60. The zero-order valence-electron chi connectivity index (χ0n) is 15.0. The Morgan fingerprint density at radius 1 is 1.12 bits per heavy atom. The summed E-state index contributed by atoms with van der Waals surface area (Å²) in [5.74, 6) is -0.0319. The Kier molecular flexibility index (Phi) is 5.14. The van der Waals surface area contributed by atoms with Crippen LogP contribution in [0.15, 0.2) is 53.3 Å². The molecule has 0 fully saturated rings. The van der Waals surface area contributed by atoms with E-state index in [0.717, 1.165) is 0 Å². The highest BCUT2D eigenvalue weighted by Gasteiger charge is 2.14. The smallest absolute Gasteiger partial charge is 0.261 e. The fraction of sp³-hybridized carbons (Fsp3) is 0.250. The Balaban J connectivity index is 1.96. The summed E-state index contributed by atoms with van der Waals surface area (Å²) in [5, 5.41) is 0.485. The first kappa shape index (κ1) is 17.8. The van der Waals surface area contributed by atoms with Crippen molar-refractivity contribution < 1.29 is 4.79 Å². The molecule has 134 valence electrons. The molecule has 3 aromatic rings. The molecule has 0 radical (unpaired) electrons. The van der Waals surface area contributed by atoms with Gasteiger partial charge in [0.1, 0.15) is 12.4 Å². The minimum Gasteiger partial charge on any atom is -0.368 e. The Hall–Kier alpha value is -2.99. The van der Waals surface area contributed by atoms with E-state index in [1.807, 2.05) is 25.2 Å². The number of carbonyl (C=O) groups excluding carboxylic acids is 1. The van der Waals surface area contributed by atoms with Crippen LogP contribution in [-0.4, -0.2) is 27.4 Å². The van der Waals surface area contributed by atoms with Gasteiger partial charge in [-0.15, -0.1) is 0 Å².